The van der Waals surface area contributed by atoms with Gasteiger partial charge in [-0.25, -0.2) is 0 Å². The lowest BCUT2D eigenvalue weighted by Crippen LogP contribution is -2.26. The highest BCUT2D eigenvalue weighted by Gasteiger charge is 2.05. The van der Waals surface area contributed by atoms with Gasteiger partial charge in [-0.3, -0.25) is 4.68 Å². The minimum Gasteiger partial charge on any atom is -0.315 e. The third-order valence-electron chi connectivity index (χ3n) is 2.00. The molecule has 0 amide bonds. The minimum absolute atomic E-state index is 0.591. The fourth-order valence-electron chi connectivity index (χ4n) is 1.31. The first-order valence-electron chi connectivity index (χ1n) is 5.44. The molecule has 0 bridgehead atoms. The van der Waals surface area contributed by atoms with E-state index in [-0.39, 0.29) is 0 Å². The highest BCUT2D eigenvalue weighted by molar-refractivity contribution is 8.00. The van der Waals surface area contributed by atoms with Crippen molar-refractivity contribution in [3.63, 3.8) is 0 Å². The number of hydrogen-bond acceptors (Lipinski definition) is 3. The Labute approximate surface area is 96.6 Å². The maximum Gasteiger partial charge on any atom is 0.0625 e. The lowest BCUT2D eigenvalue weighted by Gasteiger charge is -2.12. The van der Waals surface area contributed by atoms with Crippen LogP contribution in [0.2, 0.25) is 0 Å². The van der Waals surface area contributed by atoms with Crippen LogP contribution in [-0.2, 0) is 7.05 Å². The van der Waals surface area contributed by atoms with Gasteiger partial charge in [-0.1, -0.05) is 20.8 Å². The third-order valence-corrected chi connectivity index (χ3v) is 3.05. The van der Waals surface area contributed by atoms with Crippen molar-refractivity contribution in [1.29, 1.82) is 0 Å². The quantitative estimate of drug-likeness (QED) is 0.755. The molecule has 1 atom stereocenters. The van der Waals surface area contributed by atoms with E-state index >= 15 is 0 Å². The second kappa shape index (κ2) is 6.18. The van der Waals surface area contributed by atoms with Gasteiger partial charge in [0, 0.05) is 29.9 Å². The first kappa shape index (κ1) is 12.6. The van der Waals surface area contributed by atoms with Crippen molar-refractivity contribution < 1.29 is 0 Å². The molecular formula is C11H21N3S. The number of hydrogen-bond donors (Lipinski definition) is 1. The predicted molar refractivity (Wildman–Crippen MR) is 66.2 cm³/mol. The number of aromatic nitrogens is 2. The van der Waals surface area contributed by atoms with Crippen LogP contribution in [0, 0.1) is 5.92 Å². The van der Waals surface area contributed by atoms with Crippen LogP contribution < -0.4 is 5.32 Å². The summed E-state index contributed by atoms with van der Waals surface area (Å²) in [7, 11) is 1.95. The molecule has 1 rings (SSSR count). The van der Waals surface area contributed by atoms with Crippen molar-refractivity contribution in [3.05, 3.63) is 12.4 Å². The van der Waals surface area contributed by atoms with Crippen molar-refractivity contribution in [1.82, 2.24) is 15.1 Å². The summed E-state index contributed by atoms with van der Waals surface area (Å²) in [4.78, 5) is 1.25. The smallest absolute Gasteiger partial charge is 0.0625 e. The summed E-state index contributed by atoms with van der Waals surface area (Å²) in [5.74, 6) is 0.723. The zero-order valence-electron chi connectivity index (χ0n) is 10.0. The molecule has 0 spiro atoms. The van der Waals surface area contributed by atoms with E-state index in [1.807, 2.05) is 29.7 Å². The summed E-state index contributed by atoms with van der Waals surface area (Å²) in [5, 5.41) is 8.21. The van der Waals surface area contributed by atoms with E-state index < -0.39 is 0 Å². The van der Waals surface area contributed by atoms with E-state index in [4.69, 9.17) is 0 Å². The maximum atomic E-state index is 4.15. The Morgan fingerprint density at radius 1 is 1.40 bits per heavy atom. The van der Waals surface area contributed by atoms with E-state index in [0.29, 0.717) is 5.25 Å². The summed E-state index contributed by atoms with van der Waals surface area (Å²) in [6.07, 6.45) is 3.98. The number of aryl methyl sites for hydroxylation is 1. The molecule has 1 unspecified atom stereocenters. The summed E-state index contributed by atoms with van der Waals surface area (Å²) in [6, 6.07) is 0. The van der Waals surface area contributed by atoms with Crippen LogP contribution in [0.15, 0.2) is 17.3 Å². The Balaban J connectivity index is 2.21. The fraction of sp³-hybridized carbons (Fsp3) is 0.727. The largest absolute Gasteiger partial charge is 0.315 e. The van der Waals surface area contributed by atoms with Gasteiger partial charge in [-0.05, 0) is 12.5 Å². The summed E-state index contributed by atoms with van der Waals surface area (Å²) < 4.78 is 1.84. The van der Waals surface area contributed by atoms with Gasteiger partial charge in [-0.15, -0.1) is 11.8 Å². The molecule has 0 radical (unpaired) electrons. The van der Waals surface area contributed by atoms with Gasteiger partial charge in [0.25, 0.3) is 0 Å². The van der Waals surface area contributed by atoms with E-state index in [1.165, 1.54) is 4.90 Å². The Morgan fingerprint density at radius 3 is 2.67 bits per heavy atom. The fourth-order valence-corrected chi connectivity index (χ4v) is 2.30. The molecule has 1 N–H and O–H groups in total. The van der Waals surface area contributed by atoms with Gasteiger partial charge in [-0.2, -0.15) is 5.10 Å². The maximum absolute atomic E-state index is 4.15. The molecule has 15 heavy (non-hydrogen) atoms. The van der Waals surface area contributed by atoms with Gasteiger partial charge >= 0.3 is 0 Å². The molecule has 1 aromatic heterocycles. The lowest BCUT2D eigenvalue weighted by molar-refractivity contribution is 0.554. The molecule has 1 aromatic rings. The van der Waals surface area contributed by atoms with Crippen LogP contribution in [0.5, 0.6) is 0 Å². The molecule has 0 aromatic carbocycles. The molecule has 1 heterocycles. The van der Waals surface area contributed by atoms with Crippen LogP contribution in [0.3, 0.4) is 0 Å². The van der Waals surface area contributed by atoms with Crippen LogP contribution in [0.25, 0.3) is 0 Å². The number of nitrogens with one attached hydrogen (secondary N) is 1. The zero-order valence-corrected chi connectivity index (χ0v) is 10.8. The predicted octanol–water partition coefficient (Wildman–Crippen LogP) is 2.15. The first-order valence-corrected chi connectivity index (χ1v) is 6.32. The van der Waals surface area contributed by atoms with Crippen LogP contribution in [-0.4, -0.2) is 28.1 Å². The molecule has 0 aliphatic rings. The second-order valence-electron chi connectivity index (χ2n) is 4.33. The van der Waals surface area contributed by atoms with Gasteiger partial charge in [0.05, 0.1) is 6.20 Å². The van der Waals surface area contributed by atoms with Crippen molar-refractivity contribution in [2.24, 2.45) is 13.0 Å². The minimum atomic E-state index is 0.591. The van der Waals surface area contributed by atoms with Crippen LogP contribution >= 0.6 is 11.8 Å². The molecule has 0 aliphatic heterocycles. The lowest BCUT2D eigenvalue weighted by atomic mass is 10.2. The average Bonchev–Trinajstić information content (AvgIpc) is 2.50. The molecule has 4 heteroatoms. The Hall–Kier alpha value is -0.480. The molecular weight excluding hydrogens is 206 g/mol. The first-order chi connectivity index (χ1) is 7.08. The van der Waals surface area contributed by atoms with E-state index in [2.05, 4.69) is 37.4 Å². The van der Waals surface area contributed by atoms with Gasteiger partial charge in [0.2, 0.25) is 0 Å². The molecule has 0 aliphatic carbocycles. The molecule has 0 fully saturated rings. The number of thioether (sulfide) groups is 1. The monoisotopic (exact) mass is 227 g/mol. The van der Waals surface area contributed by atoms with Crippen LogP contribution in [0.1, 0.15) is 20.8 Å². The molecule has 86 valence electrons. The zero-order chi connectivity index (χ0) is 11.3. The topological polar surface area (TPSA) is 29.9 Å². The highest BCUT2D eigenvalue weighted by atomic mass is 32.2. The van der Waals surface area contributed by atoms with Gasteiger partial charge < -0.3 is 5.32 Å². The standard InChI is InChI=1S/C11H21N3S/c1-9(2)5-12-6-10(3)15-11-7-13-14(4)8-11/h7-10,12H,5-6H2,1-4H3. The van der Waals surface area contributed by atoms with Crippen molar-refractivity contribution in [3.8, 4) is 0 Å². The van der Waals surface area contributed by atoms with Crippen molar-refractivity contribution >= 4 is 11.8 Å². The Kier molecular flexibility index (Phi) is 5.19. The van der Waals surface area contributed by atoms with Crippen molar-refractivity contribution in [2.45, 2.75) is 30.9 Å². The van der Waals surface area contributed by atoms with Gasteiger partial charge in [0.15, 0.2) is 0 Å². The van der Waals surface area contributed by atoms with Crippen LogP contribution in [0.4, 0.5) is 0 Å². The SMILES string of the molecule is CC(C)CNCC(C)Sc1cnn(C)c1. The average molecular weight is 227 g/mol. The summed E-state index contributed by atoms with van der Waals surface area (Å²) in [5.41, 5.74) is 0. The molecule has 0 saturated carbocycles. The van der Waals surface area contributed by atoms with Gasteiger partial charge in [0.1, 0.15) is 0 Å². The Bertz CT molecular complexity index is 283. The molecule has 3 nitrogen and oxygen atoms in total. The van der Waals surface area contributed by atoms with Crippen molar-refractivity contribution in [2.75, 3.05) is 13.1 Å². The number of nitrogens with zero attached hydrogens (tertiary/aromatic N) is 2. The normalized spacial score (nSPS) is 13.4. The van der Waals surface area contributed by atoms with E-state index in [9.17, 15) is 0 Å². The number of rotatable bonds is 6. The Morgan fingerprint density at radius 2 is 2.13 bits per heavy atom. The summed E-state index contributed by atoms with van der Waals surface area (Å²) >= 11 is 1.87. The molecule has 0 saturated heterocycles. The van der Waals surface area contributed by atoms with E-state index in [1.54, 1.807) is 0 Å². The van der Waals surface area contributed by atoms with E-state index in [0.717, 1.165) is 19.0 Å². The summed E-state index contributed by atoms with van der Waals surface area (Å²) in [6.45, 7) is 8.85. The third kappa shape index (κ3) is 5.23. The highest BCUT2D eigenvalue weighted by Crippen LogP contribution is 2.21. The second-order valence-corrected chi connectivity index (χ2v) is 5.84.